The highest BCUT2D eigenvalue weighted by Crippen LogP contribution is 2.32. The van der Waals surface area contributed by atoms with Gasteiger partial charge in [0, 0.05) is 24.7 Å². The number of thiazole rings is 1. The Morgan fingerprint density at radius 1 is 1.50 bits per heavy atom. The van der Waals surface area contributed by atoms with E-state index in [-0.39, 0.29) is 10.2 Å². The first-order valence-electron chi connectivity index (χ1n) is 6.52. The Kier molecular flexibility index (Phi) is 3.56. The molecule has 1 aliphatic heterocycles. The van der Waals surface area contributed by atoms with Gasteiger partial charge in [0.05, 0.1) is 0 Å². The molecule has 2 aromatic rings. The second-order valence-corrected chi connectivity index (χ2v) is 8.50. The van der Waals surface area contributed by atoms with Gasteiger partial charge in [-0.25, -0.2) is 13.4 Å². The van der Waals surface area contributed by atoms with E-state index in [2.05, 4.69) is 18.8 Å². The average Bonchev–Trinajstić information content (AvgIpc) is 3.00. The van der Waals surface area contributed by atoms with Crippen molar-refractivity contribution < 1.29 is 8.42 Å². The van der Waals surface area contributed by atoms with Crippen molar-refractivity contribution in [2.45, 2.75) is 25.3 Å². The molecule has 0 saturated carbocycles. The maximum Gasteiger partial charge on any atom is 0.262 e. The zero-order chi connectivity index (χ0) is 14.5. The maximum absolute atomic E-state index is 12.8. The molecule has 2 aromatic heterocycles. The average molecular weight is 334 g/mol. The first-order valence-corrected chi connectivity index (χ1v) is 9.22. The number of hydrogen-bond acceptors (Lipinski definition) is 4. The highest BCUT2D eigenvalue weighted by atomic mass is 35.5. The highest BCUT2D eigenvalue weighted by Gasteiger charge is 2.37. The zero-order valence-corrected chi connectivity index (χ0v) is 13.7. The summed E-state index contributed by atoms with van der Waals surface area (Å²) in [6, 6.07) is 0. The van der Waals surface area contributed by atoms with Crippen LogP contribution in [0.2, 0.25) is 5.15 Å². The summed E-state index contributed by atoms with van der Waals surface area (Å²) in [7, 11) is -3.58. The SMILES string of the molecule is CC(C)C1CCN(S(=O)(=O)c2c(Cl)nc3sccn23)C1. The third-order valence-electron chi connectivity index (χ3n) is 3.89. The van der Waals surface area contributed by atoms with Crippen molar-refractivity contribution in [2.24, 2.45) is 11.8 Å². The number of imidazole rings is 1. The van der Waals surface area contributed by atoms with Gasteiger partial charge in [-0.3, -0.25) is 4.40 Å². The lowest BCUT2D eigenvalue weighted by atomic mass is 9.96. The third kappa shape index (κ3) is 2.16. The van der Waals surface area contributed by atoms with Crippen molar-refractivity contribution in [3.63, 3.8) is 0 Å². The molecule has 1 saturated heterocycles. The molecule has 0 aliphatic carbocycles. The van der Waals surface area contributed by atoms with Gasteiger partial charge in [-0.1, -0.05) is 25.4 Å². The van der Waals surface area contributed by atoms with Crippen LogP contribution in [-0.2, 0) is 10.0 Å². The van der Waals surface area contributed by atoms with Gasteiger partial charge in [0.25, 0.3) is 10.0 Å². The standard InChI is InChI=1S/C12H16ClN3O2S2/c1-8(2)9-3-4-15(7-9)20(17,18)11-10(13)14-12-16(11)5-6-19-12/h5-6,8-9H,3-4,7H2,1-2H3. The normalized spacial score (nSPS) is 21.3. The molecule has 1 atom stereocenters. The molecule has 0 radical (unpaired) electrons. The Balaban J connectivity index is 2.00. The van der Waals surface area contributed by atoms with Gasteiger partial charge < -0.3 is 0 Å². The van der Waals surface area contributed by atoms with Gasteiger partial charge in [-0.15, -0.1) is 11.3 Å². The van der Waals surface area contributed by atoms with Crippen LogP contribution in [-0.4, -0.2) is 35.2 Å². The number of sulfonamides is 1. The Bertz CT molecular complexity index is 735. The molecule has 0 aromatic carbocycles. The Labute approximate surface area is 127 Å². The molecular weight excluding hydrogens is 318 g/mol. The Morgan fingerprint density at radius 3 is 2.90 bits per heavy atom. The summed E-state index contributed by atoms with van der Waals surface area (Å²) in [6.07, 6.45) is 2.60. The van der Waals surface area contributed by atoms with Gasteiger partial charge in [-0.05, 0) is 18.3 Å². The fourth-order valence-electron chi connectivity index (χ4n) is 2.61. The van der Waals surface area contributed by atoms with Crippen molar-refractivity contribution in [1.82, 2.24) is 13.7 Å². The molecule has 1 unspecified atom stereocenters. The molecule has 0 N–H and O–H groups in total. The summed E-state index contributed by atoms with van der Waals surface area (Å²) in [6.45, 7) is 5.37. The lowest BCUT2D eigenvalue weighted by molar-refractivity contribution is 0.388. The van der Waals surface area contributed by atoms with Gasteiger partial charge in [0.1, 0.15) is 0 Å². The van der Waals surface area contributed by atoms with E-state index >= 15 is 0 Å². The summed E-state index contributed by atoms with van der Waals surface area (Å²) in [4.78, 5) is 4.71. The van der Waals surface area contributed by atoms with Crippen LogP contribution in [0.25, 0.3) is 4.96 Å². The molecule has 8 heteroatoms. The van der Waals surface area contributed by atoms with E-state index in [1.807, 2.05) is 0 Å². The van der Waals surface area contributed by atoms with Crippen LogP contribution < -0.4 is 0 Å². The summed E-state index contributed by atoms with van der Waals surface area (Å²) < 4.78 is 28.7. The zero-order valence-electron chi connectivity index (χ0n) is 11.3. The molecular formula is C12H16ClN3O2S2. The summed E-state index contributed by atoms with van der Waals surface area (Å²) in [5.74, 6) is 0.895. The highest BCUT2D eigenvalue weighted by molar-refractivity contribution is 7.89. The Morgan fingerprint density at radius 2 is 2.25 bits per heavy atom. The lowest BCUT2D eigenvalue weighted by Crippen LogP contribution is -2.30. The quantitative estimate of drug-likeness (QED) is 0.867. The molecule has 3 heterocycles. The molecule has 3 rings (SSSR count). The van der Waals surface area contributed by atoms with Crippen molar-refractivity contribution >= 4 is 37.9 Å². The van der Waals surface area contributed by atoms with Crippen LogP contribution in [0, 0.1) is 11.8 Å². The van der Waals surface area contributed by atoms with Gasteiger partial charge in [-0.2, -0.15) is 4.31 Å². The number of aromatic nitrogens is 2. The minimum atomic E-state index is -3.58. The molecule has 0 bridgehead atoms. The van der Waals surface area contributed by atoms with E-state index in [1.54, 1.807) is 16.0 Å². The molecule has 5 nitrogen and oxygen atoms in total. The first-order chi connectivity index (χ1) is 9.41. The van der Waals surface area contributed by atoms with E-state index in [0.717, 1.165) is 6.42 Å². The number of hydrogen-bond donors (Lipinski definition) is 0. The molecule has 20 heavy (non-hydrogen) atoms. The second-order valence-electron chi connectivity index (χ2n) is 5.42. The van der Waals surface area contributed by atoms with E-state index in [1.165, 1.54) is 15.6 Å². The minimum absolute atomic E-state index is 0.0600. The number of fused-ring (bicyclic) bond motifs is 1. The van der Waals surface area contributed by atoms with Crippen molar-refractivity contribution in [3.8, 4) is 0 Å². The van der Waals surface area contributed by atoms with E-state index < -0.39 is 10.0 Å². The number of halogens is 1. The van der Waals surface area contributed by atoms with Crippen LogP contribution in [0.5, 0.6) is 0 Å². The monoisotopic (exact) mass is 333 g/mol. The molecule has 1 aliphatic rings. The maximum atomic E-state index is 12.8. The predicted octanol–water partition coefficient (Wildman–Crippen LogP) is 2.72. The van der Waals surface area contributed by atoms with E-state index in [4.69, 9.17) is 11.6 Å². The van der Waals surface area contributed by atoms with Gasteiger partial charge >= 0.3 is 0 Å². The smallest absolute Gasteiger partial charge is 0.262 e. The van der Waals surface area contributed by atoms with Gasteiger partial charge in [0.2, 0.25) is 0 Å². The molecule has 0 spiro atoms. The fourth-order valence-corrected chi connectivity index (χ4v) is 5.53. The summed E-state index contributed by atoms with van der Waals surface area (Å²) in [5, 5.41) is 1.96. The van der Waals surface area contributed by atoms with E-state index in [0.29, 0.717) is 29.9 Å². The summed E-state index contributed by atoms with van der Waals surface area (Å²) >= 11 is 7.41. The molecule has 0 amide bonds. The molecule has 1 fully saturated rings. The predicted molar refractivity (Wildman–Crippen MR) is 79.8 cm³/mol. The van der Waals surface area contributed by atoms with Crippen molar-refractivity contribution in [2.75, 3.05) is 13.1 Å². The Hall–Kier alpha value is -0.630. The van der Waals surface area contributed by atoms with Gasteiger partial charge in [0.15, 0.2) is 15.1 Å². The third-order valence-corrected chi connectivity index (χ3v) is 6.92. The van der Waals surface area contributed by atoms with Crippen molar-refractivity contribution in [1.29, 1.82) is 0 Å². The minimum Gasteiger partial charge on any atom is -0.279 e. The largest absolute Gasteiger partial charge is 0.279 e. The number of nitrogens with zero attached hydrogens (tertiary/aromatic N) is 3. The fraction of sp³-hybridized carbons (Fsp3) is 0.583. The van der Waals surface area contributed by atoms with Crippen LogP contribution in [0.15, 0.2) is 16.6 Å². The first kappa shape index (κ1) is 14.3. The summed E-state index contributed by atoms with van der Waals surface area (Å²) in [5.41, 5.74) is 0. The van der Waals surface area contributed by atoms with Crippen LogP contribution >= 0.6 is 22.9 Å². The second kappa shape index (κ2) is 4.98. The van der Waals surface area contributed by atoms with Crippen molar-refractivity contribution in [3.05, 3.63) is 16.7 Å². The van der Waals surface area contributed by atoms with E-state index in [9.17, 15) is 8.42 Å². The lowest BCUT2D eigenvalue weighted by Gasteiger charge is -2.17. The van der Waals surface area contributed by atoms with Crippen LogP contribution in [0.4, 0.5) is 0 Å². The van der Waals surface area contributed by atoms with Crippen LogP contribution in [0.1, 0.15) is 20.3 Å². The topological polar surface area (TPSA) is 54.7 Å². The number of rotatable bonds is 3. The molecule has 110 valence electrons. The van der Waals surface area contributed by atoms with Crippen LogP contribution in [0.3, 0.4) is 0 Å².